The molecule has 0 aliphatic heterocycles. The number of hydrogen-bond donors (Lipinski definition) is 6. The first-order valence-electron chi connectivity index (χ1n) is 14.1. The van der Waals surface area contributed by atoms with Gasteiger partial charge in [0, 0.05) is 30.6 Å². The molecule has 1 aromatic rings. The fraction of sp³-hybridized carbons (Fsp3) is 0.655. The van der Waals surface area contributed by atoms with Crippen molar-refractivity contribution in [1.82, 2.24) is 0 Å². The molecule has 2 saturated carbocycles. The second kappa shape index (κ2) is 23.1. The number of aldehydes is 1. The zero-order chi connectivity index (χ0) is 29.5. The van der Waals surface area contributed by atoms with E-state index < -0.39 is 18.0 Å². The van der Waals surface area contributed by atoms with Crippen molar-refractivity contribution in [3.05, 3.63) is 29.8 Å². The fourth-order valence-electron chi connectivity index (χ4n) is 4.25. The lowest BCUT2D eigenvalue weighted by molar-refractivity contribution is -0.139. The number of benzene rings is 1. The Morgan fingerprint density at radius 1 is 0.949 bits per heavy atom. The number of rotatable bonds is 9. The van der Waals surface area contributed by atoms with Gasteiger partial charge in [0.25, 0.3) is 0 Å². The number of carboxylic acid groups (broad SMARTS) is 2. The summed E-state index contributed by atoms with van der Waals surface area (Å²) in [5, 5.41) is 19.4. The van der Waals surface area contributed by atoms with E-state index in [1.165, 1.54) is 58.3 Å². The molecule has 2 aliphatic rings. The van der Waals surface area contributed by atoms with Gasteiger partial charge in [0.05, 0.1) is 0 Å². The first kappa shape index (κ1) is 36.2. The maximum absolute atomic E-state index is 10.6. The summed E-state index contributed by atoms with van der Waals surface area (Å²) in [6.07, 6.45) is 16.0. The van der Waals surface area contributed by atoms with E-state index in [0.29, 0.717) is 42.6 Å². The smallest absolute Gasteiger partial charge is 0.320 e. The molecule has 1 amide bonds. The van der Waals surface area contributed by atoms with Crippen molar-refractivity contribution in [3.8, 4) is 0 Å². The SMILES string of the molecule is CC(=O)Nc1ccc(C=O)cc1.NC1CCCCC1.NCCCC[C@H](N)C(=O)O.O=C(O)CC1CCCCC1. The van der Waals surface area contributed by atoms with E-state index in [-0.39, 0.29) is 5.91 Å². The highest BCUT2D eigenvalue weighted by molar-refractivity contribution is 5.89. The molecule has 222 valence electrons. The topological polar surface area (TPSA) is 199 Å². The summed E-state index contributed by atoms with van der Waals surface area (Å²) in [4.78, 5) is 41.2. The molecule has 10 nitrogen and oxygen atoms in total. The van der Waals surface area contributed by atoms with Gasteiger partial charge in [-0.15, -0.1) is 0 Å². The lowest BCUT2D eigenvalue weighted by Crippen LogP contribution is -2.29. The molecular weight excluding hydrogens is 500 g/mol. The third kappa shape index (κ3) is 21.8. The quantitative estimate of drug-likeness (QED) is 0.191. The maximum Gasteiger partial charge on any atom is 0.320 e. The van der Waals surface area contributed by atoms with Crippen LogP contribution in [0.3, 0.4) is 0 Å². The summed E-state index contributed by atoms with van der Waals surface area (Å²) in [5.41, 5.74) is 17.4. The van der Waals surface area contributed by atoms with Crippen molar-refractivity contribution in [1.29, 1.82) is 0 Å². The average molecular weight is 551 g/mol. The molecule has 9 N–H and O–H groups in total. The third-order valence-electron chi connectivity index (χ3n) is 6.49. The van der Waals surface area contributed by atoms with Crippen LogP contribution in [0.5, 0.6) is 0 Å². The molecule has 0 aromatic heterocycles. The monoisotopic (exact) mass is 550 g/mol. The van der Waals surface area contributed by atoms with E-state index in [4.69, 9.17) is 27.4 Å². The van der Waals surface area contributed by atoms with Crippen LogP contribution in [-0.2, 0) is 14.4 Å². The van der Waals surface area contributed by atoms with Crippen molar-refractivity contribution in [2.45, 2.75) is 109 Å². The zero-order valence-electron chi connectivity index (χ0n) is 23.5. The molecule has 0 spiro atoms. The number of carboxylic acids is 2. The van der Waals surface area contributed by atoms with E-state index in [1.807, 2.05) is 0 Å². The number of carbonyl (C=O) groups is 4. The predicted octanol–water partition coefficient (Wildman–Crippen LogP) is 4.30. The molecule has 2 fully saturated rings. The number of aliphatic carboxylic acids is 2. The van der Waals surface area contributed by atoms with Gasteiger partial charge in [-0.05, 0) is 75.3 Å². The lowest BCUT2D eigenvalue weighted by Gasteiger charge is -2.18. The Morgan fingerprint density at radius 3 is 1.87 bits per heavy atom. The van der Waals surface area contributed by atoms with E-state index in [1.54, 1.807) is 24.3 Å². The number of carbonyl (C=O) groups excluding carboxylic acids is 2. The summed E-state index contributed by atoms with van der Waals surface area (Å²) in [6, 6.07) is 6.49. The van der Waals surface area contributed by atoms with Crippen LogP contribution in [0.15, 0.2) is 24.3 Å². The highest BCUT2D eigenvalue weighted by atomic mass is 16.4. The molecule has 0 bridgehead atoms. The zero-order valence-corrected chi connectivity index (χ0v) is 23.5. The first-order valence-corrected chi connectivity index (χ1v) is 14.1. The Balaban J connectivity index is 0.000000501. The highest BCUT2D eigenvalue weighted by Crippen LogP contribution is 2.25. The van der Waals surface area contributed by atoms with Gasteiger partial charge in [0.15, 0.2) is 0 Å². The van der Waals surface area contributed by atoms with Gasteiger partial charge in [0.1, 0.15) is 12.3 Å². The van der Waals surface area contributed by atoms with Gasteiger partial charge in [-0.2, -0.15) is 0 Å². The van der Waals surface area contributed by atoms with Crippen LogP contribution in [0.2, 0.25) is 0 Å². The Bertz CT molecular complexity index is 807. The minimum absolute atomic E-state index is 0.117. The summed E-state index contributed by atoms with van der Waals surface area (Å²) in [7, 11) is 0. The molecule has 1 atom stereocenters. The standard InChI is InChI=1S/C9H9NO2.C8H14O2.C6H14N2O2.C6H13N/c1-7(12)10-9-4-2-8(6-11)3-5-9;9-8(10)6-7-4-2-1-3-5-7;7-4-2-1-3-5(8)6(9)10;7-6-4-2-1-3-5-6/h2-6H,1H3,(H,10,12);7H,1-6H2,(H,9,10);5H,1-4,7-8H2,(H,9,10);6H,1-5,7H2/t;;5-;/m..0./s1. The maximum atomic E-state index is 10.6. The van der Waals surface area contributed by atoms with Gasteiger partial charge in [0.2, 0.25) is 5.91 Å². The Hall–Kier alpha value is -2.82. The summed E-state index contributed by atoms with van der Waals surface area (Å²) < 4.78 is 0. The average Bonchev–Trinajstić information content (AvgIpc) is 2.91. The number of unbranched alkanes of at least 4 members (excludes halogenated alkanes) is 1. The number of anilines is 1. The molecule has 0 unspecified atom stereocenters. The van der Waals surface area contributed by atoms with E-state index >= 15 is 0 Å². The largest absolute Gasteiger partial charge is 0.481 e. The third-order valence-corrected chi connectivity index (χ3v) is 6.49. The summed E-state index contributed by atoms with van der Waals surface area (Å²) in [5.74, 6) is -1.20. The van der Waals surface area contributed by atoms with Gasteiger partial charge in [-0.3, -0.25) is 19.2 Å². The fourth-order valence-corrected chi connectivity index (χ4v) is 4.25. The Kier molecular flexibility index (Phi) is 21.4. The minimum Gasteiger partial charge on any atom is -0.481 e. The second-order valence-corrected chi connectivity index (χ2v) is 10.2. The predicted molar refractivity (Wildman–Crippen MR) is 155 cm³/mol. The number of hydrogen-bond acceptors (Lipinski definition) is 7. The molecule has 3 rings (SSSR count). The molecule has 0 radical (unpaired) electrons. The van der Waals surface area contributed by atoms with Crippen LogP contribution in [0.4, 0.5) is 5.69 Å². The van der Waals surface area contributed by atoms with Crippen LogP contribution in [0, 0.1) is 5.92 Å². The highest BCUT2D eigenvalue weighted by Gasteiger charge is 2.15. The second-order valence-electron chi connectivity index (χ2n) is 10.2. The molecular formula is C29H50N4O6. The van der Waals surface area contributed by atoms with Crippen molar-refractivity contribution in [2.75, 3.05) is 11.9 Å². The number of amides is 1. The van der Waals surface area contributed by atoms with Crippen molar-refractivity contribution in [3.63, 3.8) is 0 Å². The Morgan fingerprint density at radius 2 is 1.49 bits per heavy atom. The van der Waals surface area contributed by atoms with Crippen LogP contribution in [0.25, 0.3) is 0 Å². The van der Waals surface area contributed by atoms with Crippen molar-refractivity contribution in [2.24, 2.45) is 23.1 Å². The van der Waals surface area contributed by atoms with Gasteiger partial charge in [-0.25, -0.2) is 0 Å². The molecule has 0 saturated heterocycles. The molecule has 39 heavy (non-hydrogen) atoms. The Labute approximate surface area is 233 Å². The summed E-state index contributed by atoms with van der Waals surface area (Å²) in [6.45, 7) is 2.04. The van der Waals surface area contributed by atoms with Gasteiger partial charge < -0.3 is 32.7 Å². The van der Waals surface area contributed by atoms with Crippen LogP contribution in [0.1, 0.15) is 107 Å². The van der Waals surface area contributed by atoms with E-state index in [0.717, 1.165) is 32.0 Å². The number of nitrogens with two attached hydrogens (primary N) is 3. The molecule has 1 aromatic carbocycles. The van der Waals surface area contributed by atoms with Gasteiger partial charge >= 0.3 is 11.9 Å². The first-order chi connectivity index (χ1) is 18.6. The van der Waals surface area contributed by atoms with Crippen LogP contribution in [-0.4, -0.2) is 53.0 Å². The molecule has 0 heterocycles. The van der Waals surface area contributed by atoms with Crippen LogP contribution < -0.4 is 22.5 Å². The van der Waals surface area contributed by atoms with E-state index in [2.05, 4.69) is 5.32 Å². The van der Waals surface area contributed by atoms with Crippen molar-refractivity contribution < 1.29 is 29.4 Å². The van der Waals surface area contributed by atoms with Gasteiger partial charge in [-0.1, -0.05) is 44.9 Å². The lowest BCUT2D eigenvalue weighted by atomic mass is 9.87. The number of nitrogens with one attached hydrogen (secondary N) is 1. The van der Waals surface area contributed by atoms with Crippen LogP contribution >= 0.6 is 0 Å². The normalized spacial score (nSPS) is 16.0. The molecule has 10 heteroatoms. The minimum atomic E-state index is -0.933. The van der Waals surface area contributed by atoms with Crippen molar-refractivity contribution >= 4 is 29.8 Å². The summed E-state index contributed by atoms with van der Waals surface area (Å²) >= 11 is 0. The molecule has 2 aliphatic carbocycles. The van der Waals surface area contributed by atoms with E-state index in [9.17, 15) is 19.2 Å².